The molecule has 0 aliphatic heterocycles. The van der Waals surface area contributed by atoms with Crippen LogP contribution in [-0.4, -0.2) is 18.0 Å². The molecular weight excluding hydrogens is 236 g/mol. The quantitative estimate of drug-likeness (QED) is 0.773. The summed E-state index contributed by atoms with van der Waals surface area (Å²) in [5.41, 5.74) is 5.71. The van der Waals surface area contributed by atoms with Crippen molar-refractivity contribution in [2.75, 3.05) is 6.54 Å². The lowest BCUT2D eigenvalue weighted by Crippen LogP contribution is -2.51. The van der Waals surface area contributed by atoms with E-state index in [4.69, 9.17) is 5.73 Å². The summed E-state index contributed by atoms with van der Waals surface area (Å²) in [6.07, 6.45) is 7.42. The van der Waals surface area contributed by atoms with E-state index in [1.54, 1.807) is 0 Å². The van der Waals surface area contributed by atoms with Gasteiger partial charge in [0.1, 0.15) is 0 Å². The maximum Gasteiger partial charge on any atom is 0.220 e. The van der Waals surface area contributed by atoms with Crippen LogP contribution in [0.15, 0.2) is 0 Å². The highest BCUT2D eigenvalue weighted by Crippen LogP contribution is 2.28. The van der Waals surface area contributed by atoms with Crippen LogP contribution in [0.3, 0.4) is 0 Å². The largest absolute Gasteiger partial charge is 0.349 e. The van der Waals surface area contributed by atoms with E-state index in [9.17, 15) is 4.79 Å². The second-order valence-corrected chi connectivity index (χ2v) is 5.34. The van der Waals surface area contributed by atoms with Gasteiger partial charge in [0.05, 0.1) is 5.54 Å². The molecule has 0 aromatic rings. The third kappa shape index (κ3) is 5.26. The van der Waals surface area contributed by atoms with Crippen LogP contribution in [0.1, 0.15) is 58.8 Å². The number of amides is 1. The first-order valence-electron chi connectivity index (χ1n) is 6.63. The number of rotatable bonds is 6. The SMILES string of the molecule is CCCC(C)CC(=O)NC1(CN)CCCC1.Cl. The van der Waals surface area contributed by atoms with Gasteiger partial charge >= 0.3 is 0 Å². The smallest absolute Gasteiger partial charge is 0.220 e. The number of hydrogen-bond donors (Lipinski definition) is 2. The molecule has 1 aliphatic rings. The van der Waals surface area contributed by atoms with E-state index >= 15 is 0 Å². The third-order valence-corrected chi connectivity index (χ3v) is 3.67. The Bertz CT molecular complexity index is 227. The van der Waals surface area contributed by atoms with Gasteiger partial charge in [-0.25, -0.2) is 0 Å². The first-order valence-corrected chi connectivity index (χ1v) is 6.63. The minimum Gasteiger partial charge on any atom is -0.349 e. The van der Waals surface area contributed by atoms with Crippen molar-refractivity contribution in [1.29, 1.82) is 0 Å². The molecule has 102 valence electrons. The number of hydrogen-bond acceptors (Lipinski definition) is 2. The van der Waals surface area contributed by atoms with Gasteiger partial charge in [0, 0.05) is 13.0 Å². The van der Waals surface area contributed by atoms with E-state index in [1.165, 1.54) is 12.8 Å². The predicted molar refractivity (Wildman–Crippen MR) is 74.3 cm³/mol. The zero-order valence-electron chi connectivity index (χ0n) is 11.1. The fraction of sp³-hybridized carbons (Fsp3) is 0.923. The fourth-order valence-corrected chi connectivity index (χ4v) is 2.69. The van der Waals surface area contributed by atoms with Gasteiger partial charge in [0.15, 0.2) is 0 Å². The second-order valence-electron chi connectivity index (χ2n) is 5.34. The van der Waals surface area contributed by atoms with E-state index in [1.807, 2.05) is 0 Å². The standard InChI is InChI=1S/C13H26N2O.ClH/c1-3-6-11(2)9-12(16)15-13(10-14)7-4-5-8-13;/h11H,3-10,14H2,1-2H3,(H,15,16);1H. The molecule has 0 radical (unpaired) electrons. The molecule has 1 saturated carbocycles. The lowest BCUT2D eigenvalue weighted by Gasteiger charge is -2.29. The zero-order valence-corrected chi connectivity index (χ0v) is 11.9. The average molecular weight is 263 g/mol. The number of carbonyl (C=O) groups excluding carboxylic acids is 1. The monoisotopic (exact) mass is 262 g/mol. The highest BCUT2D eigenvalue weighted by Gasteiger charge is 2.33. The van der Waals surface area contributed by atoms with Crippen LogP contribution in [0.5, 0.6) is 0 Å². The van der Waals surface area contributed by atoms with Crippen LogP contribution in [0.4, 0.5) is 0 Å². The number of halogens is 1. The Hall–Kier alpha value is -0.280. The number of nitrogens with one attached hydrogen (secondary N) is 1. The summed E-state index contributed by atoms with van der Waals surface area (Å²) in [5.74, 6) is 0.675. The number of carbonyl (C=O) groups is 1. The highest BCUT2D eigenvalue weighted by atomic mass is 35.5. The van der Waals surface area contributed by atoms with E-state index in [0.29, 0.717) is 18.9 Å². The van der Waals surface area contributed by atoms with Crippen molar-refractivity contribution < 1.29 is 4.79 Å². The summed E-state index contributed by atoms with van der Waals surface area (Å²) in [6.45, 7) is 4.89. The maximum absolute atomic E-state index is 11.9. The van der Waals surface area contributed by atoms with Gasteiger partial charge < -0.3 is 11.1 Å². The van der Waals surface area contributed by atoms with Crippen LogP contribution in [0.2, 0.25) is 0 Å². The molecule has 1 rings (SSSR count). The third-order valence-electron chi connectivity index (χ3n) is 3.67. The fourth-order valence-electron chi connectivity index (χ4n) is 2.69. The molecule has 1 fully saturated rings. The Labute approximate surface area is 111 Å². The molecule has 0 aromatic heterocycles. The molecule has 0 bridgehead atoms. The molecule has 1 amide bonds. The minimum absolute atomic E-state index is 0. The van der Waals surface area contributed by atoms with Crippen LogP contribution in [-0.2, 0) is 4.79 Å². The Balaban J connectivity index is 0.00000256. The summed E-state index contributed by atoms with van der Waals surface area (Å²) in [7, 11) is 0. The molecule has 3 N–H and O–H groups in total. The van der Waals surface area contributed by atoms with Crippen molar-refractivity contribution >= 4 is 18.3 Å². The summed E-state index contributed by atoms with van der Waals surface area (Å²) >= 11 is 0. The Morgan fingerprint density at radius 1 is 1.41 bits per heavy atom. The van der Waals surface area contributed by atoms with Gasteiger partial charge in [-0.15, -0.1) is 12.4 Å². The van der Waals surface area contributed by atoms with Gasteiger partial charge in [-0.1, -0.05) is 39.5 Å². The lowest BCUT2D eigenvalue weighted by molar-refractivity contribution is -0.123. The lowest BCUT2D eigenvalue weighted by atomic mass is 9.96. The molecular formula is C13H27ClN2O. The Morgan fingerprint density at radius 3 is 2.47 bits per heavy atom. The van der Waals surface area contributed by atoms with Crippen molar-refractivity contribution in [3.05, 3.63) is 0 Å². The molecule has 1 unspecified atom stereocenters. The molecule has 0 aromatic carbocycles. The summed E-state index contributed by atoms with van der Waals surface area (Å²) in [5, 5.41) is 3.17. The first kappa shape index (κ1) is 16.7. The van der Waals surface area contributed by atoms with Crippen LogP contribution >= 0.6 is 12.4 Å². The second kappa shape index (κ2) is 7.93. The van der Waals surface area contributed by atoms with Crippen molar-refractivity contribution in [1.82, 2.24) is 5.32 Å². The summed E-state index contributed by atoms with van der Waals surface area (Å²) < 4.78 is 0. The molecule has 0 heterocycles. The molecule has 0 saturated heterocycles. The molecule has 17 heavy (non-hydrogen) atoms. The van der Waals surface area contributed by atoms with E-state index in [2.05, 4.69) is 19.2 Å². The van der Waals surface area contributed by atoms with Gasteiger partial charge in [-0.05, 0) is 18.8 Å². The maximum atomic E-state index is 11.9. The van der Waals surface area contributed by atoms with Crippen LogP contribution in [0.25, 0.3) is 0 Å². The topological polar surface area (TPSA) is 55.1 Å². The molecule has 0 spiro atoms. The highest BCUT2D eigenvalue weighted by molar-refractivity contribution is 5.85. The summed E-state index contributed by atoms with van der Waals surface area (Å²) in [6, 6.07) is 0. The summed E-state index contributed by atoms with van der Waals surface area (Å²) in [4.78, 5) is 11.9. The van der Waals surface area contributed by atoms with Crippen LogP contribution < -0.4 is 11.1 Å². The van der Waals surface area contributed by atoms with Crippen molar-refractivity contribution in [2.45, 2.75) is 64.3 Å². The molecule has 4 heteroatoms. The normalized spacial score (nSPS) is 19.5. The number of nitrogens with two attached hydrogens (primary N) is 1. The van der Waals surface area contributed by atoms with Gasteiger partial charge in [-0.3, -0.25) is 4.79 Å². The van der Waals surface area contributed by atoms with Crippen molar-refractivity contribution in [3.63, 3.8) is 0 Å². The molecule has 1 aliphatic carbocycles. The molecule has 3 nitrogen and oxygen atoms in total. The van der Waals surface area contributed by atoms with Crippen molar-refractivity contribution in [3.8, 4) is 0 Å². The Morgan fingerprint density at radius 2 is 2.00 bits per heavy atom. The van der Waals surface area contributed by atoms with Crippen LogP contribution in [0, 0.1) is 5.92 Å². The zero-order chi connectivity index (χ0) is 12.0. The van der Waals surface area contributed by atoms with E-state index < -0.39 is 0 Å². The van der Waals surface area contributed by atoms with Crippen molar-refractivity contribution in [2.24, 2.45) is 11.7 Å². The minimum atomic E-state index is -0.0803. The van der Waals surface area contributed by atoms with E-state index in [0.717, 1.165) is 25.7 Å². The van der Waals surface area contributed by atoms with Gasteiger partial charge in [0.25, 0.3) is 0 Å². The van der Waals surface area contributed by atoms with Gasteiger partial charge in [0.2, 0.25) is 5.91 Å². The average Bonchev–Trinajstić information content (AvgIpc) is 2.67. The first-order chi connectivity index (χ1) is 7.62. The van der Waals surface area contributed by atoms with Gasteiger partial charge in [-0.2, -0.15) is 0 Å². The molecule has 1 atom stereocenters. The Kier molecular flexibility index (Phi) is 7.80. The van der Waals surface area contributed by atoms with E-state index in [-0.39, 0.29) is 23.9 Å². The predicted octanol–water partition coefficient (Wildman–Crippen LogP) is 2.62.